The molecule has 5 N–H and O–H groups in total. The topological polar surface area (TPSA) is 262 Å². The van der Waals surface area contributed by atoms with Gasteiger partial charge in [0.25, 0.3) is 0 Å². The van der Waals surface area contributed by atoms with E-state index >= 15 is 0 Å². The molecule has 6 atom stereocenters. The van der Waals surface area contributed by atoms with E-state index in [4.69, 9.17) is 65.8 Å². The summed E-state index contributed by atoms with van der Waals surface area (Å²) < 4.78 is 67.6. The third-order valence-electron chi connectivity index (χ3n) is 13.9. The summed E-state index contributed by atoms with van der Waals surface area (Å²) in [6.07, 6.45) is 10.5. The Bertz CT molecular complexity index is 2870. The zero-order valence-electron chi connectivity index (χ0n) is 40.6. The van der Waals surface area contributed by atoms with Gasteiger partial charge in [0.05, 0.1) is 45.5 Å². The molecule has 0 radical (unpaired) electrons. The van der Waals surface area contributed by atoms with E-state index in [1.165, 1.54) is 22.9 Å². The van der Waals surface area contributed by atoms with Crippen LogP contribution in [0.1, 0.15) is 72.1 Å². The lowest BCUT2D eigenvalue weighted by molar-refractivity contribution is -0.123. The van der Waals surface area contributed by atoms with Crippen LogP contribution in [0.4, 0.5) is 23.3 Å². The fourth-order valence-corrected chi connectivity index (χ4v) is 12.5. The van der Waals surface area contributed by atoms with Crippen LogP contribution in [-0.2, 0) is 39.1 Å². The number of ether oxygens (including phenoxy) is 2. The average Bonchev–Trinajstić information content (AvgIpc) is 3.85. The second-order valence-electron chi connectivity index (χ2n) is 19.3. The molecule has 3 unspecified atom stereocenters. The van der Waals surface area contributed by atoms with Crippen LogP contribution in [0.2, 0.25) is 20.4 Å². The molecular weight excluding hydrogens is 1070 g/mol. The predicted molar refractivity (Wildman–Crippen MR) is 282 cm³/mol. The number of anilines is 4. The van der Waals surface area contributed by atoms with Crippen LogP contribution in [0.15, 0.2) is 36.9 Å². The van der Waals surface area contributed by atoms with Gasteiger partial charge in [-0.1, -0.05) is 46.4 Å². The summed E-state index contributed by atoms with van der Waals surface area (Å²) in [6, 6.07) is 2.81. The highest BCUT2D eigenvalue weighted by Crippen LogP contribution is 2.38. The summed E-state index contributed by atoms with van der Waals surface area (Å²) in [5, 5.41) is 12.5. The molecule has 8 rings (SSSR count). The molecule has 3 aliphatic heterocycles. The maximum Gasteiger partial charge on any atom is 0.229 e. The van der Waals surface area contributed by atoms with Crippen molar-refractivity contribution in [1.82, 2.24) is 38.9 Å². The fraction of sp³-hybridized carbons (Fsp3) is 0.574. The molecule has 73 heavy (non-hydrogen) atoms. The number of carbonyl (C=O) groups excluding carboxylic acids is 2. The first-order valence-corrected chi connectivity index (χ1v) is 29.2. The van der Waals surface area contributed by atoms with Crippen molar-refractivity contribution in [3.63, 3.8) is 0 Å². The van der Waals surface area contributed by atoms with Gasteiger partial charge in [-0.15, -0.1) is 0 Å². The zero-order chi connectivity index (χ0) is 52.0. The molecule has 4 aromatic rings. The minimum absolute atomic E-state index is 0.00675. The van der Waals surface area contributed by atoms with E-state index in [9.17, 15) is 26.4 Å². The Kier molecular flexibility index (Phi) is 18.3. The Hall–Kier alpha value is -4.10. The summed E-state index contributed by atoms with van der Waals surface area (Å²) in [5.41, 5.74) is 1.37. The monoisotopic (exact) mass is 1120 g/mol. The van der Waals surface area contributed by atoms with E-state index in [-0.39, 0.29) is 86.4 Å². The van der Waals surface area contributed by atoms with Crippen molar-refractivity contribution in [3.8, 4) is 22.5 Å². The van der Waals surface area contributed by atoms with E-state index in [1.54, 1.807) is 39.1 Å². The first-order chi connectivity index (χ1) is 34.8. The van der Waals surface area contributed by atoms with E-state index < -0.39 is 43.0 Å². The van der Waals surface area contributed by atoms with Gasteiger partial charge in [-0.25, -0.2) is 55.8 Å². The summed E-state index contributed by atoms with van der Waals surface area (Å²) in [4.78, 5) is 54.2. The van der Waals surface area contributed by atoms with Gasteiger partial charge in [-0.05, 0) is 102 Å². The molecule has 0 aromatic carbocycles. The van der Waals surface area contributed by atoms with Crippen molar-refractivity contribution < 1.29 is 35.9 Å². The highest BCUT2D eigenvalue weighted by atomic mass is 35.5. The van der Waals surface area contributed by atoms with Crippen molar-refractivity contribution in [2.75, 3.05) is 73.0 Å². The third kappa shape index (κ3) is 14.0. The Morgan fingerprint density at radius 3 is 1.82 bits per heavy atom. The van der Waals surface area contributed by atoms with Gasteiger partial charge in [0.2, 0.25) is 31.9 Å². The van der Waals surface area contributed by atoms with Crippen molar-refractivity contribution >= 4 is 102 Å². The summed E-state index contributed by atoms with van der Waals surface area (Å²) in [6.45, 7) is 8.01. The number of nitrogens with zero attached hydrogens (tertiary/aromatic N) is 7. The quantitative estimate of drug-likeness (QED) is 0.0649. The number of pyridine rings is 2. The molecule has 26 heteroatoms. The molecule has 4 aromatic heterocycles. The molecule has 4 fully saturated rings. The second-order valence-corrected chi connectivity index (χ2v) is 25.4. The van der Waals surface area contributed by atoms with E-state index in [0.29, 0.717) is 92.6 Å². The van der Waals surface area contributed by atoms with Gasteiger partial charge in [-0.3, -0.25) is 9.59 Å². The Morgan fingerprint density at radius 1 is 0.685 bits per heavy atom. The van der Waals surface area contributed by atoms with Crippen molar-refractivity contribution in [2.24, 2.45) is 29.6 Å². The number of nitrogens with one attached hydrogen (secondary N) is 5. The van der Waals surface area contributed by atoms with Crippen molar-refractivity contribution in [2.45, 2.75) is 89.5 Å². The van der Waals surface area contributed by atoms with Crippen LogP contribution in [-0.4, -0.2) is 132 Å². The van der Waals surface area contributed by atoms with Crippen LogP contribution < -0.4 is 26.0 Å². The first-order valence-electron chi connectivity index (χ1n) is 24.5. The van der Waals surface area contributed by atoms with Crippen molar-refractivity contribution in [1.29, 1.82) is 0 Å². The fourth-order valence-electron chi connectivity index (χ4n) is 9.62. The third-order valence-corrected chi connectivity index (χ3v) is 18.8. The number of rotatable bonds is 18. The van der Waals surface area contributed by atoms with Crippen LogP contribution in [0.5, 0.6) is 0 Å². The Labute approximate surface area is 445 Å². The van der Waals surface area contributed by atoms with Crippen LogP contribution in [0.3, 0.4) is 0 Å². The van der Waals surface area contributed by atoms with Gasteiger partial charge in [0, 0.05) is 81.5 Å². The van der Waals surface area contributed by atoms with Crippen LogP contribution >= 0.6 is 46.4 Å². The van der Waals surface area contributed by atoms with Gasteiger partial charge in [0.1, 0.15) is 34.7 Å². The molecular formula is C47H60Cl4N12O8S2. The minimum atomic E-state index is -3.69. The van der Waals surface area contributed by atoms with E-state index in [2.05, 4.69) is 45.9 Å². The van der Waals surface area contributed by atoms with Crippen molar-refractivity contribution in [3.05, 3.63) is 57.3 Å². The second kappa shape index (κ2) is 24.3. The lowest BCUT2D eigenvalue weighted by atomic mass is 9.81. The van der Waals surface area contributed by atoms with Gasteiger partial charge < -0.3 is 30.7 Å². The Balaban J connectivity index is 0.900. The molecule has 20 nitrogen and oxygen atoms in total. The first kappa shape index (κ1) is 55.1. The normalized spacial score (nSPS) is 23.3. The standard InChI is InChI=1S/C47H60Cl4N12O8S2/c1-4-72(66,67)63-24-30(14-31(25-63)47(65)61-39-17-34(36(49)21-55-39)42-44(50)56-22-40(58-42)52-18-27-7-10-70-11-8-27)37-13-28(9-12-71-37)19-53-41-23-57-45(51)43(59-41)33-16-38(54-20-35(33)48)60-46(64)29-5-6-32(15-29)62-73(68,69)26(2)3/h16-17,20-23,26-32,37,62H,4-15,18-19,24-25H2,1-3H3,(H,52,58)(H,53,59)(H,54,60,64)(H,55,61,65)/t28?,29-,30?,31-,32+,37?/m0/s1. The molecule has 2 amide bonds. The number of hydrogen-bond acceptors (Lipinski definition) is 16. The lowest BCUT2D eigenvalue weighted by Crippen LogP contribution is -2.51. The van der Waals surface area contributed by atoms with Gasteiger partial charge in [0.15, 0.2) is 10.3 Å². The highest BCUT2D eigenvalue weighted by Gasteiger charge is 2.42. The average molecular weight is 1130 g/mol. The molecule has 7 heterocycles. The maximum atomic E-state index is 14.1. The number of hydrogen-bond donors (Lipinski definition) is 5. The Morgan fingerprint density at radius 2 is 1.25 bits per heavy atom. The number of halogens is 4. The van der Waals surface area contributed by atoms with E-state index in [0.717, 1.165) is 26.1 Å². The largest absolute Gasteiger partial charge is 0.381 e. The molecule has 3 saturated heterocycles. The maximum absolute atomic E-state index is 14.1. The summed E-state index contributed by atoms with van der Waals surface area (Å²) >= 11 is 26.4. The zero-order valence-corrected chi connectivity index (χ0v) is 45.3. The minimum Gasteiger partial charge on any atom is -0.381 e. The van der Waals surface area contributed by atoms with Crippen LogP contribution in [0.25, 0.3) is 22.5 Å². The molecule has 4 aliphatic rings. The molecule has 1 saturated carbocycles. The summed E-state index contributed by atoms with van der Waals surface area (Å²) in [5.74, 6) is -0.420. The summed E-state index contributed by atoms with van der Waals surface area (Å²) in [7, 11) is -7.17. The van der Waals surface area contributed by atoms with E-state index in [1.807, 2.05) is 0 Å². The number of sulfonamides is 2. The SMILES string of the molecule is CCS(=O)(=O)N1CC(C2CC(CNc3cnc(Cl)c(-c4cc(NC(=O)[C@H]5CC[C@@H](NS(=O)(=O)C(C)C)C5)ncc4Cl)n3)CCO2)C[C@H](C(=O)Nc2cc(-c3nc(NCC4CCOCC4)cnc3Cl)c(Cl)cn2)C1. The highest BCUT2D eigenvalue weighted by molar-refractivity contribution is 7.90. The number of carbonyl (C=O) groups is 2. The van der Waals surface area contributed by atoms with Gasteiger partial charge >= 0.3 is 0 Å². The van der Waals surface area contributed by atoms with Gasteiger partial charge in [-0.2, -0.15) is 0 Å². The van der Waals surface area contributed by atoms with Crippen LogP contribution in [0, 0.1) is 29.6 Å². The number of amides is 2. The molecule has 0 bridgehead atoms. The molecule has 0 spiro atoms. The number of aromatic nitrogens is 6. The lowest BCUT2D eigenvalue weighted by Gasteiger charge is -2.42. The smallest absolute Gasteiger partial charge is 0.229 e. The predicted octanol–water partition coefficient (Wildman–Crippen LogP) is 7.41. The molecule has 1 aliphatic carbocycles. The molecule has 396 valence electrons. The number of piperidine rings is 1.